The van der Waals surface area contributed by atoms with Crippen LogP contribution in [-0.2, 0) is 0 Å². The first-order valence-corrected chi connectivity index (χ1v) is 5.68. The van der Waals surface area contributed by atoms with Crippen molar-refractivity contribution in [1.29, 1.82) is 0 Å². The Bertz CT molecular complexity index is 564. The molecule has 2 aromatic rings. The maximum absolute atomic E-state index is 13.8. The number of anilines is 1. The fraction of sp³-hybridized carbons (Fsp3) is 0.308. The Balaban J connectivity index is 2.14. The zero-order valence-electron chi connectivity index (χ0n) is 9.48. The van der Waals surface area contributed by atoms with Crippen LogP contribution in [0.3, 0.4) is 0 Å². The summed E-state index contributed by atoms with van der Waals surface area (Å²) in [6.07, 6.45) is 1.05. The molecule has 3 nitrogen and oxygen atoms in total. The Morgan fingerprint density at radius 3 is 2.76 bits per heavy atom. The Labute approximate surface area is 98.4 Å². The minimum Gasteiger partial charge on any atom is -0.380 e. The molecule has 0 saturated heterocycles. The number of hydrogen-bond donors (Lipinski definition) is 1. The first kappa shape index (κ1) is 10.3. The van der Waals surface area contributed by atoms with Gasteiger partial charge in [0.05, 0.1) is 5.56 Å². The second-order valence-corrected chi connectivity index (χ2v) is 4.61. The van der Waals surface area contributed by atoms with Crippen LogP contribution in [0.4, 0.5) is 10.2 Å². The van der Waals surface area contributed by atoms with Crippen molar-refractivity contribution in [3.63, 3.8) is 0 Å². The molecule has 2 N–H and O–H groups in total. The minimum atomic E-state index is -0.294. The van der Waals surface area contributed by atoms with Crippen molar-refractivity contribution in [3.8, 4) is 11.1 Å². The van der Waals surface area contributed by atoms with Gasteiger partial charge >= 0.3 is 0 Å². The van der Waals surface area contributed by atoms with Gasteiger partial charge in [-0.3, -0.25) is 0 Å². The van der Waals surface area contributed by atoms with Gasteiger partial charge in [0.25, 0.3) is 0 Å². The number of nitrogens with zero attached hydrogens (tertiary/aromatic N) is 1. The second-order valence-electron chi connectivity index (χ2n) is 4.61. The molecule has 88 valence electrons. The van der Waals surface area contributed by atoms with E-state index >= 15 is 0 Å². The second kappa shape index (κ2) is 3.58. The van der Waals surface area contributed by atoms with Crippen LogP contribution in [0.25, 0.3) is 11.1 Å². The number of nitrogens with two attached hydrogens (primary N) is 1. The van der Waals surface area contributed by atoms with Gasteiger partial charge < -0.3 is 10.3 Å². The van der Waals surface area contributed by atoms with Gasteiger partial charge in [-0.1, -0.05) is 30.3 Å². The van der Waals surface area contributed by atoms with Crippen LogP contribution in [-0.4, -0.2) is 5.16 Å². The Morgan fingerprint density at radius 1 is 1.41 bits per heavy atom. The highest BCUT2D eigenvalue weighted by atomic mass is 19.1. The van der Waals surface area contributed by atoms with E-state index in [2.05, 4.69) is 12.1 Å². The lowest BCUT2D eigenvalue weighted by molar-refractivity contribution is 0.384. The molecule has 0 aliphatic heterocycles. The van der Waals surface area contributed by atoms with Crippen molar-refractivity contribution < 1.29 is 8.91 Å². The summed E-state index contributed by atoms with van der Waals surface area (Å²) in [7, 11) is 0. The summed E-state index contributed by atoms with van der Waals surface area (Å²) in [5.41, 5.74) is 6.88. The molecule has 2 unspecified atom stereocenters. The Kier molecular flexibility index (Phi) is 2.18. The van der Waals surface area contributed by atoms with Gasteiger partial charge in [0.15, 0.2) is 5.82 Å². The van der Waals surface area contributed by atoms with Crippen molar-refractivity contribution in [1.82, 2.24) is 5.16 Å². The predicted octanol–water partition coefficient (Wildman–Crippen LogP) is 3.19. The van der Waals surface area contributed by atoms with Crippen molar-refractivity contribution in [2.75, 3.05) is 5.73 Å². The van der Waals surface area contributed by atoms with Gasteiger partial charge in [0.1, 0.15) is 11.6 Å². The van der Waals surface area contributed by atoms with E-state index in [4.69, 9.17) is 10.3 Å². The van der Waals surface area contributed by atoms with Crippen molar-refractivity contribution >= 4 is 5.82 Å². The first-order valence-electron chi connectivity index (χ1n) is 5.68. The van der Waals surface area contributed by atoms with Crippen molar-refractivity contribution in [3.05, 3.63) is 35.8 Å². The molecule has 3 rings (SSSR count). The van der Waals surface area contributed by atoms with Crippen LogP contribution in [0.15, 0.2) is 28.8 Å². The number of benzene rings is 1. The number of halogens is 1. The van der Waals surface area contributed by atoms with Crippen molar-refractivity contribution in [2.45, 2.75) is 19.3 Å². The molecule has 1 aliphatic rings. The third kappa shape index (κ3) is 1.60. The molecule has 0 amide bonds. The fourth-order valence-corrected chi connectivity index (χ4v) is 2.19. The number of aromatic nitrogens is 1. The smallest absolute Gasteiger partial charge is 0.175 e. The minimum absolute atomic E-state index is 0.268. The highest BCUT2D eigenvalue weighted by molar-refractivity contribution is 5.76. The lowest BCUT2D eigenvalue weighted by Gasteiger charge is -2.03. The van der Waals surface area contributed by atoms with E-state index in [1.165, 1.54) is 6.07 Å². The van der Waals surface area contributed by atoms with E-state index < -0.39 is 0 Å². The molecular weight excluding hydrogens is 219 g/mol. The maximum atomic E-state index is 13.8. The Morgan fingerprint density at radius 2 is 2.12 bits per heavy atom. The average Bonchev–Trinajstić information content (AvgIpc) is 2.90. The highest BCUT2D eigenvalue weighted by Crippen LogP contribution is 2.51. The van der Waals surface area contributed by atoms with E-state index in [1.807, 2.05) is 0 Å². The summed E-state index contributed by atoms with van der Waals surface area (Å²) >= 11 is 0. The molecule has 1 saturated carbocycles. The van der Waals surface area contributed by atoms with Crippen LogP contribution in [0, 0.1) is 11.7 Å². The Hall–Kier alpha value is -1.84. The summed E-state index contributed by atoms with van der Waals surface area (Å²) < 4.78 is 19.0. The van der Waals surface area contributed by atoms with E-state index in [0.717, 1.165) is 12.2 Å². The molecule has 0 radical (unpaired) electrons. The molecule has 17 heavy (non-hydrogen) atoms. The van der Waals surface area contributed by atoms with Crippen LogP contribution < -0.4 is 5.73 Å². The summed E-state index contributed by atoms with van der Waals surface area (Å²) in [4.78, 5) is 0. The predicted molar refractivity (Wildman–Crippen MR) is 62.8 cm³/mol. The third-order valence-corrected chi connectivity index (χ3v) is 3.33. The summed E-state index contributed by atoms with van der Waals surface area (Å²) in [6, 6.07) is 6.56. The monoisotopic (exact) mass is 232 g/mol. The largest absolute Gasteiger partial charge is 0.380 e. The standard InChI is InChI=1S/C13H13FN2O/c1-7-6-9(7)12-11(13(15)16-17-12)8-4-2-3-5-10(8)14/h2-5,7,9H,6H2,1H3,(H2,15,16). The van der Waals surface area contributed by atoms with Crippen LogP contribution >= 0.6 is 0 Å². The number of hydrogen-bond acceptors (Lipinski definition) is 3. The summed E-state index contributed by atoms with van der Waals surface area (Å²) in [5, 5.41) is 3.77. The molecule has 1 heterocycles. The van der Waals surface area contributed by atoms with Crippen LogP contribution in [0.2, 0.25) is 0 Å². The topological polar surface area (TPSA) is 52.0 Å². The molecule has 1 aromatic heterocycles. The van der Waals surface area contributed by atoms with E-state index in [-0.39, 0.29) is 11.6 Å². The SMILES string of the molecule is CC1CC1c1onc(N)c1-c1ccccc1F. The van der Waals surface area contributed by atoms with Gasteiger partial charge in [-0.15, -0.1) is 0 Å². The van der Waals surface area contributed by atoms with Gasteiger partial charge in [0, 0.05) is 11.5 Å². The molecule has 4 heteroatoms. The van der Waals surface area contributed by atoms with E-state index in [1.54, 1.807) is 18.2 Å². The lowest BCUT2D eigenvalue weighted by Crippen LogP contribution is -1.92. The van der Waals surface area contributed by atoms with Crippen LogP contribution in [0.1, 0.15) is 25.0 Å². The molecule has 1 aromatic carbocycles. The molecule has 2 atom stereocenters. The molecule has 1 aliphatic carbocycles. The normalized spacial score (nSPS) is 22.7. The number of rotatable bonds is 2. The molecular formula is C13H13FN2O. The van der Waals surface area contributed by atoms with E-state index in [0.29, 0.717) is 23.0 Å². The summed E-state index contributed by atoms with van der Waals surface area (Å²) in [6.45, 7) is 2.13. The third-order valence-electron chi connectivity index (χ3n) is 3.33. The molecule has 1 fully saturated rings. The maximum Gasteiger partial charge on any atom is 0.175 e. The first-order chi connectivity index (χ1) is 8.18. The zero-order chi connectivity index (χ0) is 12.0. The molecule has 0 bridgehead atoms. The summed E-state index contributed by atoms with van der Waals surface area (Å²) in [5.74, 6) is 1.59. The van der Waals surface area contributed by atoms with Gasteiger partial charge in [-0.2, -0.15) is 0 Å². The zero-order valence-corrected chi connectivity index (χ0v) is 9.48. The quantitative estimate of drug-likeness (QED) is 0.865. The van der Waals surface area contributed by atoms with Gasteiger partial charge in [-0.05, 0) is 18.4 Å². The average molecular weight is 232 g/mol. The lowest BCUT2D eigenvalue weighted by atomic mass is 10.0. The fourth-order valence-electron chi connectivity index (χ4n) is 2.19. The number of nitrogen functional groups attached to an aromatic ring is 1. The van der Waals surface area contributed by atoms with Gasteiger partial charge in [-0.25, -0.2) is 4.39 Å². The van der Waals surface area contributed by atoms with E-state index in [9.17, 15) is 4.39 Å². The molecule has 0 spiro atoms. The van der Waals surface area contributed by atoms with Gasteiger partial charge in [0.2, 0.25) is 0 Å². The van der Waals surface area contributed by atoms with Crippen LogP contribution in [0.5, 0.6) is 0 Å². The highest BCUT2D eigenvalue weighted by Gasteiger charge is 2.40. The van der Waals surface area contributed by atoms with Crippen molar-refractivity contribution in [2.24, 2.45) is 5.92 Å².